The third-order valence-corrected chi connectivity index (χ3v) is 3.34. The summed E-state index contributed by atoms with van der Waals surface area (Å²) in [4.78, 5) is 6.39. The van der Waals surface area contributed by atoms with Gasteiger partial charge in [0, 0.05) is 23.4 Å². The fourth-order valence-corrected chi connectivity index (χ4v) is 2.52. The van der Waals surface area contributed by atoms with Gasteiger partial charge in [-0.3, -0.25) is 9.88 Å². The van der Waals surface area contributed by atoms with E-state index in [9.17, 15) is 0 Å². The van der Waals surface area contributed by atoms with E-state index in [2.05, 4.69) is 37.9 Å². The smallest absolute Gasteiger partial charge is 0.0980 e. The van der Waals surface area contributed by atoms with Gasteiger partial charge in [0.25, 0.3) is 0 Å². The molecule has 1 atom stereocenters. The number of pyridine rings is 1. The highest BCUT2D eigenvalue weighted by molar-refractivity contribution is 9.10. The summed E-state index contributed by atoms with van der Waals surface area (Å²) in [5.74, 6) is 0. The van der Waals surface area contributed by atoms with Gasteiger partial charge in [-0.2, -0.15) is 5.26 Å². The number of aromatic nitrogens is 1. The largest absolute Gasteiger partial charge is 0.284 e. The molecule has 84 valence electrons. The first-order chi connectivity index (χ1) is 7.79. The van der Waals surface area contributed by atoms with Gasteiger partial charge in [-0.05, 0) is 53.4 Å². The second-order valence-corrected chi connectivity index (χ2v) is 5.04. The predicted molar refractivity (Wildman–Crippen MR) is 65.6 cm³/mol. The minimum atomic E-state index is 0.0766. The Morgan fingerprint density at radius 2 is 2.38 bits per heavy atom. The monoisotopic (exact) mass is 279 g/mol. The van der Waals surface area contributed by atoms with E-state index >= 15 is 0 Å². The van der Waals surface area contributed by atoms with Gasteiger partial charge >= 0.3 is 0 Å². The zero-order valence-electron chi connectivity index (χ0n) is 9.06. The molecule has 1 aromatic heterocycles. The number of rotatable bonds is 2. The van der Waals surface area contributed by atoms with Crippen molar-refractivity contribution < 1.29 is 0 Å². The van der Waals surface area contributed by atoms with Gasteiger partial charge in [0.05, 0.1) is 12.1 Å². The number of halogens is 1. The van der Waals surface area contributed by atoms with Crippen LogP contribution >= 0.6 is 15.9 Å². The normalized spacial score (nSPS) is 21.6. The molecule has 1 aromatic rings. The Balaban J connectivity index is 2.05. The van der Waals surface area contributed by atoms with E-state index < -0.39 is 0 Å². The van der Waals surface area contributed by atoms with Crippen LogP contribution in [0.25, 0.3) is 0 Å². The molecule has 3 nitrogen and oxygen atoms in total. The molecule has 0 aromatic carbocycles. The van der Waals surface area contributed by atoms with Gasteiger partial charge in [-0.25, -0.2) is 0 Å². The zero-order chi connectivity index (χ0) is 11.4. The Hall–Kier alpha value is -0.920. The van der Waals surface area contributed by atoms with Crippen molar-refractivity contribution in [2.45, 2.75) is 31.8 Å². The van der Waals surface area contributed by atoms with Crippen LogP contribution in [0.4, 0.5) is 0 Å². The molecule has 0 aliphatic carbocycles. The molecule has 1 saturated heterocycles. The number of nitrogens with zero attached hydrogens (tertiary/aromatic N) is 3. The molecule has 1 aliphatic heterocycles. The molecule has 1 aliphatic rings. The lowest BCUT2D eigenvalue weighted by atomic mass is 10.0. The quantitative estimate of drug-likeness (QED) is 0.836. The van der Waals surface area contributed by atoms with Crippen molar-refractivity contribution in [3.8, 4) is 6.07 Å². The van der Waals surface area contributed by atoms with Crippen molar-refractivity contribution in [3.63, 3.8) is 0 Å². The Bertz CT molecular complexity index is 399. The molecule has 2 heterocycles. The molecule has 0 bridgehead atoms. The summed E-state index contributed by atoms with van der Waals surface area (Å²) in [5.41, 5.74) is 1.16. The fraction of sp³-hybridized carbons (Fsp3) is 0.500. The number of likely N-dealkylation sites (tertiary alicyclic amines) is 1. The number of piperidine rings is 1. The molecule has 2 rings (SSSR count). The van der Waals surface area contributed by atoms with E-state index in [0.29, 0.717) is 0 Å². The maximum atomic E-state index is 9.08. The molecule has 1 fully saturated rings. The van der Waals surface area contributed by atoms with Gasteiger partial charge in [0.15, 0.2) is 0 Å². The van der Waals surface area contributed by atoms with E-state index in [1.165, 1.54) is 12.8 Å². The Labute approximate surface area is 104 Å². The van der Waals surface area contributed by atoms with Gasteiger partial charge in [0.1, 0.15) is 0 Å². The minimum absolute atomic E-state index is 0.0766. The number of nitriles is 1. The summed E-state index contributed by atoms with van der Waals surface area (Å²) in [7, 11) is 0. The molecule has 0 amide bonds. The van der Waals surface area contributed by atoms with Gasteiger partial charge < -0.3 is 0 Å². The van der Waals surface area contributed by atoms with Crippen molar-refractivity contribution in [3.05, 3.63) is 28.5 Å². The van der Waals surface area contributed by atoms with E-state index in [1.54, 1.807) is 6.20 Å². The third-order valence-electron chi connectivity index (χ3n) is 2.91. The summed E-state index contributed by atoms with van der Waals surface area (Å²) in [6.45, 7) is 1.84. The molecule has 0 N–H and O–H groups in total. The van der Waals surface area contributed by atoms with E-state index in [0.717, 1.165) is 29.5 Å². The molecule has 1 unspecified atom stereocenters. The lowest BCUT2D eigenvalue weighted by Crippen LogP contribution is -2.37. The third kappa shape index (κ3) is 2.81. The van der Waals surface area contributed by atoms with Crippen LogP contribution in [0, 0.1) is 11.3 Å². The maximum absolute atomic E-state index is 9.08. The van der Waals surface area contributed by atoms with Crippen molar-refractivity contribution in [2.75, 3.05) is 6.54 Å². The topological polar surface area (TPSA) is 39.9 Å². The first kappa shape index (κ1) is 11.6. The van der Waals surface area contributed by atoms with Crippen LogP contribution in [0.3, 0.4) is 0 Å². The summed E-state index contributed by atoms with van der Waals surface area (Å²) in [6.07, 6.45) is 7.01. The van der Waals surface area contributed by atoms with Crippen molar-refractivity contribution in [2.24, 2.45) is 0 Å². The Morgan fingerprint density at radius 1 is 1.50 bits per heavy atom. The molecule has 4 heteroatoms. The summed E-state index contributed by atoms with van der Waals surface area (Å²) < 4.78 is 0.996. The summed E-state index contributed by atoms with van der Waals surface area (Å²) >= 11 is 3.41. The highest BCUT2D eigenvalue weighted by atomic mass is 79.9. The van der Waals surface area contributed by atoms with Gasteiger partial charge in [-0.15, -0.1) is 0 Å². The van der Waals surface area contributed by atoms with Crippen molar-refractivity contribution in [1.29, 1.82) is 5.26 Å². The summed E-state index contributed by atoms with van der Waals surface area (Å²) in [6, 6.07) is 4.52. The van der Waals surface area contributed by atoms with Crippen LogP contribution in [0.1, 0.15) is 24.8 Å². The lowest BCUT2D eigenvalue weighted by Gasteiger charge is -2.31. The van der Waals surface area contributed by atoms with E-state index in [1.807, 2.05) is 6.20 Å². The lowest BCUT2D eigenvalue weighted by molar-refractivity contribution is 0.176. The Morgan fingerprint density at radius 3 is 3.12 bits per heavy atom. The second-order valence-electron chi connectivity index (χ2n) is 4.12. The standard InChI is InChI=1S/C12H14BrN3/c13-11-5-10(7-15-8-11)9-16-4-2-1-3-12(16)6-14/h5,7-8,12H,1-4,9H2. The van der Waals surface area contributed by atoms with Crippen LogP contribution in [0.5, 0.6) is 0 Å². The molecular weight excluding hydrogens is 266 g/mol. The predicted octanol–water partition coefficient (Wildman–Crippen LogP) is 2.72. The maximum Gasteiger partial charge on any atom is 0.0980 e. The van der Waals surface area contributed by atoms with Crippen molar-refractivity contribution >= 4 is 15.9 Å². The number of hydrogen-bond donors (Lipinski definition) is 0. The molecule has 0 spiro atoms. The van der Waals surface area contributed by atoms with E-state index in [4.69, 9.17) is 5.26 Å². The van der Waals surface area contributed by atoms with Crippen LogP contribution in [-0.4, -0.2) is 22.5 Å². The highest BCUT2D eigenvalue weighted by Crippen LogP contribution is 2.19. The SMILES string of the molecule is N#CC1CCCCN1Cc1cncc(Br)c1. The van der Waals surface area contributed by atoms with Crippen LogP contribution in [0.15, 0.2) is 22.9 Å². The minimum Gasteiger partial charge on any atom is -0.284 e. The first-order valence-corrected chi connectivity index (χ1v) is 6.32. The zero-order valence-corrected chi connectivity index (χ0v) is 10.7. The van der Waals surface area contributed by atoms with Crippen molar-refractivity contribution in [1.82, 2.24) is 9.88 Å². The molecule has 0 saturated carbocycles. The van der Waals surface area contributed by atoms with Crippen LogP contribution in [0.2, 0.25) is 0 Å². The Kier molecular flexibility index (Phi) is 3.92. The molecular formula is C12H14BrN3. The van der Waals surface area contributed by atoms with Crippen LogP contribution < -0.4 is 0 Å². The fourth-order valence-electron chi connectivity index (χ4n) is 2.10. The first-order valence-electron chi connectivity index (χ1n) is 5.52. The molecule has 16 heavy (non-hydrogen) atoms. The highest BCUT2D eigenvalue weighted by Gasteiger charge is 2.21. The van der Waals surface area contributed by atoms with Gasteiger partial charge in [-0.1, -0.05) is 0 Å². The second kappa shape index (κ2) is 5.42. The van der Waals surface area contributed by atoms with Gasteiger partial charge in [0.2, 0.25) is 0 Å². The molecule has 0 radical (unpaired) electrons. The summed E-state index contributed by atoms with van der Waals surface area (Å²) in [5, 5.41) is 9.08. The number of hydrogen-bond acceptors (Lipinski definition) is 3. The van der Waals surface area contributed by atoms with Crippen LogP contribution in [-0.2, 0) is 6.54 Å². The average Bonchev–Trinajstić information content (AvgIpc) is 2.30. The van der Waals surface area contributed by atoms with E-state index in [-0.39, 0.29) is 6.04 Å². The average molecular weight is 280 g/mol.